The highest BCUT2D eigenvalue weighted by molar-refractivity contribution is 5.83. The molecule has 5 nitrogen and oxygen atoms in total. The molecular weight excluding hydrogens is 266 g/mol. The van der Waals surface area contributed by atoms with E-state index >= 15 is 0 Å². The summed E-state index contributed by atoms with van der Waals surface area (Å²) < 4.78 is 0. The van der Waals surface area contributed by atoms with Crippen LogP contribution in [-0.4, -0.2) is 34.8 Å². The highest BCUT2D eigenvalue weighted by atomic mass is 16.2. The largest absolute Gasteiger partial charge is 0.352 e. The average Bonchev–Trinajstić information content (AvgIpc) is 3.05. The van der Waals surface area contributed by atoms with Crippen LogP contribution in [0.5, 0.6) is 0 Å². The summed E-state index contributed by atoms with van der Waals surface area (Å²) >= 11 is 0. The van der Waals surface area contributed by atoms with E-state index in [1.54, 1.807) is 12.4 Å². The van der Waals surface area contributed by atoms with Crippen molar-refractivity contribution in [3.8, 4) is 0 Å². The van der Waals surface area contributed by atoms with Crippen molar-refractivity contribution < 1.29 is 9.59 Å². The van der Waals surface area contributed by atoms with Crippen LogP contribution in [0.15, 0.2) is 24.5 Å². The molecule has 2 heterocycles. The number of carbonyl (C=O) groups is 2. The Morgan fingerprint density at radius 3 is 3.10 bits per heavy atom. The maximum atomic E-state index is 12.3. The predicted octanol–water partition coefficient (Wildman–Crippen LogP) is 1.35. The summed E-state index contributed by atoms with van der Waals surface area (Å²) in [5.41, 5.74) is 1.07. The zero-order chi connectivity index (χ0) is 14.9. The number of hydrogen-bond acceptors (Lipinski definition) is 3. The molecule has 1 spiro atoms. The highest BCUT2D eigenvalue weighted by Crippen LogP contribution is 2.58. The van der Waals surface area contributed by atoms with Crippen molar-refractivity contribution in [1.29, 1.82) is 0 Å². The Morgan fingerprint density at radius 1 is 1.52 bits per heavy atom. The van der Waals surface area contributed by atoms with E-state index in [1.165, 1.54) is 0 Å². The van der Waals surface area contributed by atoms with Crippen LogP contribution in [0.25, 0.3) is 0 Å². The number of amides is 2. The number of aromatic nitrogens is 1. The minimum atomic E-state index is 0.0594. The lowest BCUT2D eigenvalue weighted by atomic mass is 10.0. The van der Waals surface area contributed by atoms with Crippen LogP contribution in [0, 0.1) is 11.3 Å². The van der Waals surface area contributed by atoms with Crippen LogP contribution in [0.2, 0.25) is 0 Å². The van der Waals surface area contributed by atoms with Crippen molar-refractivity contribution in [2.75, 3.05) is 13.1 Å². The minimum absolute atomic E-state index is 0.0594. The molecule has 0 aromatic carbocycles. The second-order valence-electron chi connectivity index (χ2n) is 6.12. The lowest BCUT2D eigenvalue weighted by Crippen LogP contribution is -2.30. The van der Waals surface area contributed by atoms with Gasteiger partial charge in [-0.15, -0.1) is 0 Å². The van der Waals surface area contributed by atoms with Crippen LogP contribution in [0.3, 0.4) is 0 Å². The summed E-state index contributed by atoms with van der Waals surface area (Å²) in [4.78, 5) is 29.9. The maximum absolute atomic E-state index is 12.3. The fourth-order valence-corrected chi connectivity index (χ4v) is 3.32. The van der Waals surface area contributed by atoms with Crippen LogP contribution in [-0.2, 0) is 16.1 Å². The normalized spacial score (nSPS) is 26.9. The molecule has 2 atom stereocenters. The molecule has 1 saturated heterocycles. The summed E-state index contributed by atoms with van der Waals surface area (Å²) in [7, 11) is 0. The molecule has 3 rings (SSSR count). The summed E-state index contributed by atoms with van der Waals surface area (Å²) in [6, 6.07) is 3.82. The number of nitrogens with one attached hydrogen (secondary N) is 1. The predicted molar refractivity (Wildman–Crippen MR) is 78.1 cm³/mol. The molecule has 1 aliphatic heterocycles. The zero-order valence-electron chi connectivity index (χ0n) is 12.3. The van der Waals surface area contributed by atoms with Gasteiger partial charge in [0.15, 0.2) is 0 Å². The standard InChI is InChI=1S/C16H21N3O2/c1-2-14(20)19-7-5-16(11-19)8-13(16)15(21)18-10-12-4-3-6-17-9-12/h3-4,6,9,13H,2,5,7-8,10-11H2,1H3,(H,18,21)/t13-,16+/m1/s1. The van der Waals surface area contributed by atoms with Gasteiger partial charge in [-0.1, -0.05) is 13.0 Å². The Bertz CT molecular complexity index is 546. The monoisotopic (exact) mass is 287 g/mol. The topological polar surface area (TPSA) is 62.3 Å². The Morgan fingerprint density at radius 2 is 2.38 bits per heavy atom. The van der Waals surface area contributed by atoms with E-state index in [1.807, 2.05) is 24.0 Å². The smallest absolute Gasteiger partial charge is 0.224 e. The summed E-state index contributed by atoms with van der Waals surface area (Å²) in [5.74, 6) is 0.391. The maximum Gasteiger partial charge on any atom is 0.224 e. The van der Waals surface area contributed by atoms with Crippen molar-refractivity contribution in [3.63, 3.8) is 0 Å². The molecule has 1 saturated carbocycles. The zero-order valence-corrected chi connectivity index (χ0v) is 12.3. The SMILES string of the molecule is CCC(=O)N1CC[C@]2(C[C@@H]2C(=O)NCc2cccnc2)C1. The lowest BCUT2D eigenvalue weighted by Gasteiger charge is -2.15. The van der Waals surface area contributed by atoms with E-state index in [9.17, 15) is 9.59 Å². The van der Waals surface area contributed by atoms with Gasteiger partial charge in [0.25, 0.3) is 0 Å². The number of nitrogens with zero attached hydrogens (tertiary/aromatic N) is 2. The van der Waals surface area contributed by atoms with Crippen LogP contribution in [0.1, 0.15) is 31.7 Å². The van der Waals surface area contributed by atoms with Gasteiger partial charge in [0.1, 0.15) is 0 Å². The minimum Gasteiger partial charge on any atom is -0.352 e. The third-order valence-electron chi connectivity index (χ3n) is 4.74. The van der Waals surface area contributed by atoms with Gasteiger partial charge >= 0.3 is 0 Å². The Labute approximate surface area is 124 Å². The molecule has 0 unspecified atom stereocenters. The van der Waals surface area contributed by atoms with Gasteiger partial charge in [-0.2, -0.15) is 0 Å². The van der Waals surface area contributed by atoms with E-state index in [-0.39, 0.29) is 23.1 Å². The Hall–Kier alpha value is -1.91. The molecule has 1 aromatic rings. The van der Waals surface area contributed by atoms with Gasteiger partial charge in [-0.05, 0) is 24.5 Å². The molecule has 21 heavy (non-hydrogen) atoms. The fraction of sp³-hybridized carbons (Fsp3) is 0.562. The first kappa shape index (κ1) is 14.0. The Balaban J connectivity index is 1.51. The van der Waals surface area contributed by atoms with Gasteiger partial charge in [-0.25, -0.2) is 0 Å². The molecule has 2 fully saturated rings. The van der Waals surface area contributed by atoms with Crippen LogP contribution >= 0.6 is 0 Å². The molecule has 0 bridgehead atoms. The molecule has 0 radical (unpaired) electrons. The summed E-state index contributed by atoms with van der Waals surface area (Å²) in [6.45, 7) is 3.97. The molecule has 1 aromatic heterocycles. The first-order valence-corrected chi connectivity index (χ1v) is 7.59. The van der Waals surface area contributed by atoms with E-state index in [4.69, 9.17) is 0 Å². The number of pyridine rings is 1. The van der Waals surface area contributed by atoms with Gasteiger partial charge in [0.05, 0.1) is 0 Å². The van der Waals surface area contributed by atoms with Gasteiger partial charge < -0.3 is 10.2 Å². The number of likely N-dealkylation sites (tertiary alicyclic amines) is 1. The summed E-state index contributed by atoms with van der Waals surface area (Å²) in [6.07, 6.45) is 5.91. The molecule has 2 amide bonds. The molecule has 112 valence electrons. The average molecular weight is 287 g/mol. The fourth-order valence-electron chi connectivity index (χ4n) is 3.32. The number of rotatable bonds is 4. The van der Waals surface area contributed by atoms with Gasteiger partial charge in [0, 0.05) is 49.8 Å². The first-order chi connectivity index (χ1) is 10.1. The van der Waals surface area contributed by atoms with Gasteiger partial charge in [-0.3, -0.25) is 14.6 Å². The Kier molecular flexibility index (Phi) is 3.66. The number of carbonyl (C=O) groups excluding carboxylic acids is 2. The van der Waals surface area contributed by atoms with Crippen molar-refractivity contribution in [2.24, 2.45) is 11.3 Å². The lowest BCUT2D eigenvalue weighted by molar-refractivity contribution is -0.130. The van der Waals surface area contributed by atoms with Crippen LogP contribution < -0.4 is 5.32 Å². The molecule has 1 aliphatic carbocycles. The second kappa shape index (κ2) is 5.47. The second-order valence-corrected chi connectivity index (χ2v) is 6.12. The quantitative estimate of drug-likeness (QED) is 0.909. The summed E-state index contributed by atoms with van der Waals surface area (Å²) in [5, 5.41) is 2.99. The number of hydrogen-bond donors (Lipinski definition) is 1. The van der Waals surface area contributed by atoms with Crippen LogP contribution in [0.4, 0.5) is 0 Å². The van der Waals surface area contributed by atoms with Gasteiger partial charge in [0.2, 0.25) is 11.8 Å². The highest BCUT2D eigenvalue weighted by Gasteiger charge is 2.61. The van der Waals surface area contributed by atoms with E-state index < -0.39 is 0 Å². The molecule has 1 N–H and O–H groups in total. The van der Waals surface area contributed by atoms with E-state index in [0.717, 1.165) is 31.5 Å². The molecule has 2 aliphatic rings. The van der Waals surface area contributed by atoms with E-state index in [2.05, 4.69) is 10.3 Å². The molecule has 5 heteroatoms. The van der Waals surface area contributed by atoms with Crippen molar-refractivity contribution >= 4 is 11.8 Å². The van der Waals surface area contributed by atoms with Crippen molar-refractivity contribution in [3.05, 3.63) is 30.1 Å². The van der Waals surface area contributed by atoms with Crippen molar-refractivity contribution in [2.45, 2.75) is 32.7 Å². The third kappa shape index (κ3) is 2.77. The van der Waals surface area contributed by atoms with E-state index in [0.29, 0.717) is 13.0 Å². The molecular formula is C16H21N3O2. The first-order valence-electron chi connectivity index (χ1n) is 7.59. The third-order valence-corrected chi connectivity index (χ3v) is 4.74. The van der Waals surface area contributed by atoms with Crippen molar-refractivity contribution in [1.82, 2.24) is 15.2 Å².